The Morgan fingerprint density at radius 2 is 1.00 bits per heavy atom. The molecule has 0 unspecified atom stereocenters. The van der Waals surface area contributed by atoms with Crippen molar-refractivity contribution >= 4 is 11.6 Å². The van der Waals surface area contributed by atoms with Gasteiger partial charge in [0.05, 0.1) is 72.2 Å². The van der Waals surface area contributed by atoms with Gasteiger partial charge >= 0.3 is 0 Å². The molecule has 0 bridgehead atoms. The lowest BCUT2D eigenvalue weighted by atomic mass is 10.1. The number of piperidine rings is 1. The average molecular weight is 440 g/mol. The maximum atomic E-state index is 5.77. The summed E-state index contributed by atoms with van der Waals surface area (Å²) in [5, 5.41) is 3.33. The Labute approximate surface area is 182 Å². The number of halogens is 1. The van der Waals surface area contributed by atoms with E-state index in [1.54, 1.807) is 0 Å². The zero-order valence-electron chi connectivity index (χ0n) is 18.0. The standard InChI is InChI=1S/C21H42ClNO6/c22-7-3-1-2-4-10-24-11-12-25-13-14-26-15-16-27-17-18-28-19-20-29-21-5-8-23-9-6-21/h21,23H,1-20H2. The number of rotatable bonds is 22. The fraction of sp³-hybridized carbons (Fsp3) is 1.00. The Morgan fingerprint density at radius 1 is 0.552 bits per heavy atom. The van der Waals surface area contributed by atoms with Gasteiger partial charge in [-0.05, 0) is 38.8 Å². The van der Waals surface area contributed by atoms with E-state index in [0.29, 0.717) is 72.2 Å². The predicted octanol–water partition coefficient (Wildman–Crippen LogP) is 2.64. The van der Waals surface area contributed by atoms with Crippen LogP contribution >= 0.6 is 11.6 Å². The van der Waals surface area contributed by atoms with Crippen molar-refractivity contribution in [3.8, 4) is 0 Å². The lowest BCUT2D eigenvalue weighted by Crippen LogP contribution is -2.33. The molecular formula is C21H42ClNO6. The molecule has 1 saturated heterocycles. The van der Waals surface area contributed by atoms with Gasteiger partial charge in [0.1, 0.15) is 0 Å². The first kappa shape index (κ1) is 27.0. The second kappa shape index (κ2) is 22.7. The molecule has 8 heteroatoms. The summed E-state index contributed by atoms with van der Waals surface area (Å²) in [5.74, 6) is 0.756. The third-order valence-electron chi connectivity index (χ3n) is 4.53. The van der Waals surface area contributed by atoms with Crippen LogP contribution in [0.25, 0.3) is 0 Å². The minimum absolute atomic E-state index is 0.390. The summed E-state index contributed by atoms with van der Waals surface area (Å²) in [4.78, 5) is 0. The second-order valence-corrected chi connectivity index (χ2v) is 7.36. The molecule has 7 nitrogen and oxygen atoms in total. The summed E-state index contributed by atoms with van der Waals surface area (Å²) < 4.78 is 33.2. The molecule has 0 aliphatic carbocycles. The summed E-state index contributed by atoms with van der Waals surface area (Å²) in [6.07, 6.45) is 7.14. The van der Waals surface area contributed by atoms with Gasteiger partial charge in [-0.2, -0.15) is 0 Å². The van der Waals surface area contributed by atoms with Crippen molar-refractivity contribution in [2.45, 2.75) is 44.6 Å². The summed E-state index contributed by atoms with van der Waals surface area (Å²) in [5.41, 5.74) is 0. The molecule has 0 saturated carbocycles. The van der Waals surface area contributed by atoms with E-state index in [1.165, 1.54) is 12.8 Å². The van der Waals surface area contributed by atoms with Crippen LogP contribution in [-0.4, -0.2) is 97.7 Å². The van der Waals surface area contributed by atoms with E-state index in [0.717, 1.165) is 51.3 Å². The molecule has 1 fully saturated rings. The lowest BCUT2D eigenvalue weighted by molar-refractivity contribution is -0.0296. The number of unbranched alkanes of at least 4 members (excludes halogenated alkanes) is 3. The number of hydrogen-bond acceptors (Lipinski definition) is 7. The monoisotopic (exact) mass is 439 g/mol. The zero-order chi connectivity index (χ0) is 20.7. The van der Waals surface area contributed by atoms with Gasteiger partial charge in [-0.3, -0.25) is 0 Å². The Hall–Kier alpha value is 0.01000. The summed E-state index contributed by atoms with van der Waals surface area (Å²) in [7, 11) is 0. The normalized spacial score (nSPS) is 15.2. The first-order valence-corrected chi connectivity index (χ1v) is 11.7. The third kappa shape index (κ3) is 19.7. The van der Waals surface area contributed by atoms with Crippen LogP contribution in [0.15, 0.2) is 0 Å². The number of nitrogens with one attached hydrogen (secondary N) is 1. The minimum Gasteiger partial charge on any atom is -0.379 e. The highest BCUT2D eigenvalue weighted by atomic mass is 35.5. The molecule has 1 aliphatic rings. The van der Waals surface area contributed by atoms with Gasteiger partial charge in [-0.25, -0.2) is 0 Å². The van der Waals surface area contributed by atoms with Crippen molar-refractivity contribution in [2.24, 2.45) is 0 Å². The van der Waals surface area contributed by atoms with Gasteiger partial charge < -0.3 is 33.7 Å². The predicted molar refractivity (Wildman–Crippen MR) is 115 cm³/mol. The molecule has 0 radical (unpaired) electrons. The van der Waals surface area contributed by atoms with E-state index in [9.17, 15) is 0 Å². The van der Waals surface area contributed by atoms with Crippen LogP contribution in [0.3, 0.4) is 0 Å². The van der Waals surface area contributed by atoms with Crippen LogP contribution in [0.1, 0.15) is 38.5 Å². The molecule has 0 aromatic carbocycles. The Kier molecular flexibility index (Phi) is 21.2. The molecule has 1 rings (SSSR count). The largest absolute Gasteiger partial charge is 0.379 e. The Morgan fingerprint density at radius 3 is 1.52 bits per heavy atom. The van der Waals surface area contributed by atoms with Crippen molar-refractivity contribution in [3.63, 3.8) is 0 Å². The second-order valence-electron chi connectivity index (χ2n) is 6.99. The maximum absolute atomic E-state index is 5.77. The zero-order valence-corrected chi connectivity index (χ0v) is 18.8. The number of alkyl halides is 1. The van der Waals surface area contributed by atoms with E-state index < -0.39 is 0 Å². The molecule has 0 aromatic heterocycles. The summed E-state index contributed by atoms with van der Waals surface area (Å²) in [6, 6.07) is 0. The molecule has 174 valence electrons. The topological polar surface area (TPSA) is 67.4 Å². The highest BCUT2D eigenvalue weighted by Crippen LogP contribution is 2.06. The quantitative estimate of drug-likeness (QED) is 0.205. The van der Waals surface area contributed by atoms with Crippen molar-refractivity contribution < 1.29 is 28.4 Å². The van der Waals surface area contributed by atoms with Crippen LogP contribution in [0.2, 0.25) is 0 Å². The van der Waals surface area contributed by atoms with E-state index in [2.05, 4.69) is 5.32 Å². The van der Waals surface area contributed by atoms with E-state index in [-0.39, 0.29) is 0 Å². The fourth-order valence-corrected chi connectivity index (χ4v) is 3.06. The van der Waals surface area contributed by atoms with Crippen LogP contribution < -0.4 is 5.32 Å². The minimum atomic E-state index is 0.390. The number of hydrogen-bond donors (Lipinski definition) is 1. The first-order chi connectivity index (χ1) is 14.4. The maximum Gasteiger partial charge on any atom is 0.0704 e. The van der Waals surface area contributed by atoms with E-state index in [1.807, 2.05) is 0 Å². The molecule has 0 spiro atoms. The average Bonchev–Trinajstić information content (AvgIpc) is 2.75. The third-order valence-corrected chi connectivity index (χ3v) is 4.80. The molecule has 1 N–H and O–H groups in total. The van der Waals surface area contributed by atoms with E-state index in [4.69, 9.17) is 40.0 Å². The van der Waals surface area contributed by atoms with E-state index >= 15 is 0 Å². The van der Waals surface area contributed by atoms with Crippen LogP contribution in [0.5, 0.6) is 0 Å². The van der Waals surface area contributed by atoms with Crippen molar-refractivity contribution in [3.05, 3.63) is 0 Å². The van der Waals surface area contributed by atoms with Gasteiger partial charge in [0.2, 0.25) is 0 Å². The Bertz CT molecular complexity index is 322. The molecule has 0 atom stereocenters. The summed E-state index contributed by atoms with van der Waals surface area (Å²) >= 11 is 5.63. The molecule has 1 aliphatic heterocycles. The van der Waals surface area contributed by atoms with Crippen molar-refractivity contribution in [1.29, 1.82) is 0 Å². The van der Waals surface area contributed by atoms with Gasteiger partial charge in [0.15, 0.2) is 0 Å². The molecule has 1 heterocycles. The Balaban J connectivity index is 1.63. The molecular weight excluding hydrogens is 398 g/mol. The highest BCUT2D eigenvalue weighted by molar-refractivity contribution is 6.17. The lowest BCUT2D eigenvalue weighted by Gasteiger charge is -2.22. The number of ether oxygens (including phenoxy) is 6. The van der Waals surface area contributed by atoms with Crippen LogP contribution in [0, 0.1) is 0 Å². The van der Waals surface area contributed by atoms with Crippen LogP contribution in [-0.2, 0) is 28.4 Å². The first-order valence-electron chi connectivity index (χ1n) is 11.2. The van der Waals surface area contributed by atoms with Crippen molar-refractivity contribution in [1.82, 2.24) is 5.32 Å². The fourth-order valence-electron chi connectivity index (χ4n) is 2.87. The highest BCUT2D eigenvalue weighted by Gasteiger charge is 2.12. The van der Waals surface area contributed by atoms with Gasteiger partial charge in [0.25, 0.3) is 0 Å². The molecule has 0 amide bonds. The summed E-state index contributed by atoms with van der Waals surface area (Å²) in [6.45, 7) is 8.91. The molecule has 29 heavy (non-hydrogen) atoms. The van der Waals surface area contributed by atoms with Gasteiger partial charge in [-0.15, -0.1) is 11.6 Å². The van der Waals surface area contributed by atoms with Gasteiger partial charge in [-0.1, -0.05) is 12.8 Å². The van der Waals surface area contributed by atoms with Crippen molar-refractivity contribution in [2.75, 3.05) is 91.6 Å². The molecule has 0 aromatic rings. The smallest absolute Gasteiger partial charge is 0.0704 e. The van der Waals surface area contributed by atoms with Gasteiger partial charge in [0, 0.05) is 12.5 Å². The SMILES string of the molecule is ClCCCCCCOCCOCCOCCOCCOCCOC1CCNCC1. The van der Waals surface area contributed by atoms with Crippen LogP contribution in [0.4, 0.5) is 0 Å².